The Hall–Kier alpha value is -1.62. The molecule has 3 N–H and O–H groups in total. The van der Waals surface area contributed by atoms with Crippen LogP contribution < -0.4 is 11.1 Å². The van der Waals surface area contributed by atoms with E-state index in [0.29, 0.717) is 11.4 Å². The molecule has 0 saturated carbocycles. The van der Waals surface area contributed by atoms with Gasteiger partial charge >= 0.3 is 0 Å². The van der Waals surface area contributed by atoms with E-state index in [4.69, 9.17) is 5.73 Å². The third kappa shape index (κ3) is 2.94. The van der Waals surface area contributed by atoms with Crippen molar-refractivity contribution in [3.63, 3.8) is 0 Å². The molecule has 1 saturated heterocycles. The van der Waals surface area contributed by atoms with Crippen molar-refractivity contribution in [2.24, 2.45) is 0 Å². The number of hydrogen-bond acceptors (Lipinski definition) is 4. The van der Waals surface area contributed by atoms with Gasteiger partial charge in [-0.1, -0.05) is 0 Å². The SMILES string of the molecule is Cc1cc(C(=O)NC2CCN(C)C2)cc(N)n1. The van der Waals surface area contributed by atoms with Gasteiger partial charge in [0.15, 0.2) is 0 Å². The molecule has 1 aliphatic rings. The molecular formula is C12H18N4O. The number of pyridine rings is 1. The van der Waals surface area contributed by atoms with Crippen LogP contribution in [-0.4, -0.2) is 42.0 Å². The highest BCUT2D eigenvalue weighted by Crippen LogP contribution is 2.10. The Morgan fingerprint density at radius 2 is 2.35 bits per heavy atom. The number of nitrogen functional groups attached to an aromatic ring is 1. The lowest BCUT2D eigenvalue weighted by Crippen LogP contribution is -2.36. The Bertz CT molecular complexity index is 412. The molecule has 17 heavy (non-hydrogen) atoms. The van der Waals surface area contributed by atoms with E-state index in [1.54, 1.807) is 12.1 Å². The lowest BCUT2D eigenvalue weighted by Gasteiger charge is -2.13. The highest BCUT2D eigenvalue weighted by molar-refractivity contribution is 5.95. The average molecular weight is 234 g/mol. The van der Waals surface area contributed by atoms with Crippen LogP contribution in [0.1, 0.15) is 22.5 Å². The molecule has 92 valence electrons. The van der Waals surface area contributed by atoms with Crippen LogP contribution in [0.5, 0.6) is 0 Å². The largest absolute Gasteiger partial charge is 0.384 e. The third-order valence-electron chi connectivity index (χ3n) is 2.96. The molecule has 2 heterocycles. The summed E-state index contributed by atoms with van der Waals surface area (Å²) in [6.45, 7) is 3.77. The van der Waals surface area contributed by atoms with Gasteiger partial charge in [0.1, 0.15) is 5.82 Å². The maximum absolute atomic E-state index is 12.0. The van der Waals surface area contributed by atoms with Gasteiger partial charge in [-0.3, -0.25) is 4.79 Å². The number of carbonyl (C=O) groups is 1. The summed E-state index contributed by atoms with van der Waals surface area (Å²) >= 11 is 0. The lowest BCUT2D eigenvalue weighted by atomic mass is 10.2. The van der Waals surface area contributed by atoms with Gasteiger partial charge in [0, 0.05) is 23.8 Å². The lowest BCUT2D eigenvalue weighted by molar-refractivity contribution is 0.0938. The number of aromatic nitrogens is 1. The number of likely N-dealkylation sites (N-methyl/N-ethyl adjacent to an activating group) is 1. The number of rotatable bonds is 2. The van der Waals surface area contributed by atoms with Gasteiger partial charge in [0.2, 0.25) is 0 Å². The summed E-state index contributed by atoms with van der Waals surface area (Å²) in [5.41, 5.74) is 6.98. The molecule has 1 unspecified atom stereocenters. The van der Waals surface area contributed by atoms with Crippen molar-refractivity contribution in [3.05, 3.63) is 23.4 Å². The highest BCUT2D eigenvalue weighted by Gasteiger charge is 2.21. The Balaban J connectivity index is 2.04. The van der Waals surface area contributed by atoms with Gasteiger partial charge in [-0.05, 0) is 39.1 Å². The number of amides is 1. The molecule has 0 bridgehead atoms. The molecule has 1 atom stereocenters. The minimum Gasteiger partial charge on any atom is -0.384 e. The molecule has 0 radical (unpaired) electrons. The van der Waals surface area contributed by atoms with E-state index in [9.17, 15) is 4.79 Å². The van der Waals surface area contributed by atoms with Gasteiger partial charge in [-0.2, -0.15) is 0 Å². The summed E-state index contributed by atoms with van der Waals surface area (Å²) in [6, 6.07) is 3.60. The molecule has 1 aromatic rings. The van der Waals surface area contributed by atoms with E-state index in [1.807, 2.05) is 6.92 Å². The van der Waals surface area contributed by atoms with E-state index in [2.05, 4.69) is 22.2 Å². The maximum Gasteiger partial charge on any atom is 0.251 e. The maximum atomic E-state index is 12.0. The van der Waals surface area contributed by atoms with Crippen molar-refractivity contribution in [2.75, 3.05) is 25.9 Å². The molecule has 1 aliphatic heterocycles. The molecule has 0 aliphatic carbocycles. The number of carbonyl (C=O) groups excluding carboxylic acids is 1. The van der Waals surface area contributed by atoms with Crippen molar-refractivity contribution >= 4 is 11.7 Å². The van der Waals surface area contributed by atoms with Crippen molar-refractivity contribution in [1.82, 2.24) is 15.2 Å². The number of likely N-dealkylation sites (tertiary alicyclic amines) is 1. The first kappa shape index (κ1) is 11.9. The number of aryl methyl sites for hydroxylation is 1. The summed E-state index contributed by atoms with van der Waals surface area (Å²) in [5, 5.41) is 3.02. The fourth-order valence-electron chi connectivity index (χ4n) is 2.15. The molecule has 1 aromatic heterocycles. The fraction of sp³-hybridized carbons (Fsp3) is 0.500. The number of hydrogen-bond donors (Lipinski definition) is 2. The van der Waals surface area contributed by atoms with Crippen LogP contribution in [0.3, 0.4) is 0 Å². The van der Waals surface area contributed by atoms with Gasteiger partial charge in [0.05, 0.1) is 0 Å². The first-order valence-electron chi connectivity index (χ1n) is 5.78. The molecule has 0 spiro atoms. The van der Waals surface area contributed by atoms with Gasteiger partial charge in [-0.15, -0.1) is 0 Å². The molecule has 5 nitrogen and oxygen atoms in total. The fourth-order valence-corrected chi connectivity index (χ4v) is 2.15. The quantitative estimate of drug-likeness (QED) is 0.777. The van der Waals surface area contributed by atoms with Crippen molar-refractivity contribution in [2.45, 2.75) is 19.4 Å². The zero-order valence-corrected chi connectivity index (χ0v) is 10.2. The van der Waals surface area contributed by atoms with Crippen molar-refractivity contribution in [3.8, 4) is 0 Å². The second-order valence-electron chi connectivity index (χ2n) is 4.64. The van der Waals surface area contributed by atoms with Gasteiger partial charge in [0.25, 0.3) is 5.91 Å². The monoisotopic (exact) mass is 234 g/mol. The Morgan fingerprint density at radius 3 is 2.94 bits per heavy atom. The minimum absolute atomic E-state index is 0.0671. The van der Waals surface area contributed by atoms with Crippen LogP contribution in [0.4, 0.5) is 5.82 Å². The molecular weight excluding hydrogens is 216 g/mol. The Kier molecular flexibility index (Phi) is 3.28. The second kappa shape index (κ2) is 4.71. The van der Waals surface area contributed by atoms with Crippen molar-refractivity contribution in [1.29, 1.82) is 0 Å². The zero-order chi connectivity index (χ0) is 12.4. The van der Waals surface area contributed by atoms with Crippen LogP contribution >= 0.6 is 0 Å². The molecule has 0 aromatic carbocycles. The predicted molar refractivity (Wildman–Crippen MR) is 66.8 cm³/mol. The van der Waals surface area contributed by atoms with E-state index >= 15 is 0 Å². The zero-order valence-electron chi connectivity index (χ0n) is 10.2. The van der Waals surface area contributed by atoms with Crippen LogP contribution in [0, 0.1) is 6.92 Å². The molecule has 5 heteroatoms. The summed E-state index contributed by atoms with van der Waals surface area (Å²) in [6.07, 6.45) is 1.00. The van der Waals surface area contributed by atoms with Crippen molar-refractivity contribution < 1.29 is 4.79 Å². The van der Waals surface area contributed by atoms with Crippen LogP contribution in [-0.2, 0) is 0 Å². The van der Waals surface area contributed by atoms with Crippen LogP contribution in [0.2, 0.25) is 0 Å². The first-order valence-corrected chi connectivity index (χ1v) is 5.78. The standard InChI is InChI=1S/C12H18N4O/c1-8-5-9(6-11(13)14-8)12(17)15-10-3-4-16(2)7-10/h5-6,10H,3-4,7H2,1-2H3,(H2,13,14)(H,15,17). The number of anilines is 1. The van der Waals surface area contributed by atoms with E-state index in [0.717, 1.165) is 25.2 Å². The smallest absolute Gasteiger partial charge is 0.251 e. The Labute approximate surface area is 101 Å². The van der Waals surface area contributed by atoms with E-state index in [1.165, 1.54) is 0 Å². The van der Waals surface area contributed by atoms with Crippen LogP contribution in [0.15, 0.2) is 12.1 Å². The van der Waals surface area contributed by atoms with E-state index in [-0.39, 0.29) is 11.9 Å². The number of nitrogens with two attached hydrogens (primary N) is 1. The van der Waals surface area contributed by atoms with Gasteiger partial charge in [-0.25, -0.2) is 4.98 Å². The normalized spacial score (nSPS) is 20.5. The highest BCUT2D eigenvalue weighted by atomic mass is 16.1. The average Bonchev–Trinajstić information content (AvgIpc) is 2.62. The summed E-state index contributed by atoms with van der Waals surface area (Å²) in [7, 11) is 2.06. The van der Waals surface area contributed by atoms with Gasteiger partial charge < -0.3 is 16.0 Å². The van der Waals surface area contributed by atoms with Crippen LogP contribution in [0.25, 0.3) is 0 Å². The molecule has 2 rings (SSSR count). The Morgan fingerprint density at radius 1 is 1.59 bits per heavy atom. The number of nitrogens with one attached hydrogen (secondary N) is 1. The minimum atomic E-state index is -0.0671. The van der Waals surface area contributed by atoms with E-state index < -0.39 is 0 Å². The number of nitrogens with zero attached hydrogens (tertiary/aromatic N) is 2. The summed E-state index contributed by atoms with van der Waals surface area (Å²) < 4.78 is 0. The molecule has 1 amide bonds. The molecule has 1 fully saturated rings. The predicted octanol–water partition coefficient (Wildman–Crippen LogP) is 0.406. The summed E-state index contributed by atoms with van der Waals surface area (Å²) in [5.74, 6) is 0.321. The summed E-state index contributed by atoms with van der Waals surface area (Å²) in [4.78, 5) is 18.3. The second-order valence-corrected chi connectivity index (χ2v) is 4.64. The first-order chi connectivity index (χ1) is 8.04. The third-order valence-corrected chi connectivity index (χ3v) is 2.96. The topological polar surface area (TPSA) is 71.2 Å².